The zero-order valence-corrected chi connectivity index (χ0v) is 9.19. The fraction of sp³-hybridized carbons (Fsp3) is 0.455. The number of nitrogens with one attached hydrogen (secondary N) is 1. The minimum atomic E-state index is -0.707. The quantitative estimate of drug-likeness (QED) is 0.795. The molecule has 0 unspecified atom stereocenters. The van der Waals surface area contributed by atoms with Gasteiger partial charge < -0.3 is 15.8 Å². The molecule has 2 rings (SSSR count). The lowest BCUT2D eigenvalue weighted by Gasteiger charge is -2.36. The van der Waals surface area contributed by atoms with Crippen LogP contribution >= 0.6 is 0 Å². The molecule has 0 aliphatic heterocycles. The van der Waals surface area contributed by atoms with Gasteiger partial charge in [-0.05, 0) is 31.4 Å². The van der Waals surface area contributed by atoms with Crippen LogP contribution in [0.5, 0.6) is 5.88 Å². The molecule has 1 fully saturated rings. The summed E-state index contributed by atoms with van der Waals surface area (Å²) in [7, 11) is 1.51. The van der Waals surface area contributed by atoms with Gasteiger partial charge in [-0.25, -0.2) is 4.98 Å². The molecule has 0 bridgehead atoms. The third-order valence-corrected chi connectivity index (χ3v) is 2.91. The second-order valence-electron chi connectivity index (χ2n) is 4.02. The van der Waals surface area contributed by atoms with E-state index in [2.05, 4.69) is 10.3 Å². The summed E-state index contributed by atoms with van der Waals surface area (Å²) in [6, 6.07) is 3.48. The molecule has 1 aromatic rings. The van der Waals surface area contributed by atoms with E-state index >= 15 is 0 Å². The molecule has 1 amide bonds. The number of nitrogens with two attached hydrogens (primary N) is 1. The van der Waals surface area contributed by atoms with Crippen LogP contribution in [0.3, 0.4) is 0 Å². The van der Waals surface area contributed by atoms with Crippen LogP contribution in [0.15, 0.2) is 18.3 Å². The van der Waals surface area contributed by atoms with Crippen molar-refractivity contribution >= 4 is 11.6 Å². The number of methoxy groups -OCH3 is 1. The molecule has 1 aromatic heterocycles. The summed E-state index contributed by atoms with van der Waals surface area (Å²) in [5.74, 6) is 0.240. The molecule has 16 heavy (non-hydrogen) atoms. The van der Waals surface area contributed by atoms with E-state index in [4.69, 9.17) is 10.5 Å². The number of rotatable bonds is 3. The highest BCUT2D eigenvalue weighted by atomic mass is 16.5. The highest BCUT2D eigenvalue weighted by Gasteiger charge is 2.40. The van der Waals surface area contributed by atoms with Crippen molar-refractivity contribution in [2.75, 3.05) is 12.4 Å². The lowest BCUT2D eigenvalue weighted by atomic mass is 9.77. The Bertz CT molecular complexity index is 402. The monoisotopic (exact) mass is 221 g/mol. The number of hydrogen-bond donors (Lipinski definition) is 2. The van der Waals surface area contributed by atoms with Crippen molar-refractivity contribution in [3.05, 3.63) is 18.3 Å². The van der Waals surface area contributed by atoms with Crippen LogP contribution in [-0.2, 0) is 4.79 Å². The second kappa shape index (κ2) is 4.09. The summed E-state index contributed by atoms with van der Waals surface area (Å²) in [4.78, 5) is 15.9. The number of ether oxygens (including phenoxy) is 1. The minimum Gasteiger partial charge on any atom is -0.480 e. The van der Waals surface area contributed by atoms with E-state index in [0.29, 0.717) is 11.6 Å². The van der Waals surface area contributed by atoms with E-state index in [1.165, 1.54) is 7.11 Å². The summed E-state index contributed by atoms with van der Waals surface area (Å²) < 4.78 is 5.04. The van der Waals surface area contributed by atoms with Crippen molar-refractivity contribution in [3.8, 4) is 5.88 Å². The van der Waals surface area contributed by atoms with Gasteiger partial charge in [-0.2, -0.15) is 0 Å². The smallest absolute Gasteiger partial charge is 0.244 e. The Balaban J connectivity index is 2.11. The van der Waals surface area contributed by atoms with Crippen LogP contribution in [0.25, 0.3) is 0 Å². The maximum Gasteiger partial charge on any atom is 0.244 e. The molecule has 1 aliphatic rings. The SMILES string of the molecule is COc1ncccc1NC(=O)C1(N)CCC1. The molecule has 0 aromatic carbocycles. The highest BCUT2D eigenvalue weighted by molar-refractivity contribution is 5.99. The predicted octanol–water partition coefficient (Wildman–Crippen LogP) is 0.910. The zero-order chi connectivity index (χ0) is 11.6. The molecule has 5 heteroatoms. The number of anilines is 1. The Hall–Kier alpha value is -1.62. The van der Waals surface area contributed by atoms with Crippen molar-refractivity contribution in [3.63, 3.8) is 0 Å². The average Bonchev–Trinajstić information content (AvgIpc) is 2.26. The lowest BCUT2D eigenvalue weighted by molar-refractivity contribution is -0.123. The van der Waals surface area contributed by atoms with Gasteiger partial charge in [0.2, 0.25) is 11.8 Å². The van der Waals surface area contributed by atoms with Crippen LogP contribution < -0.4 is 15.8 Å². The van der Waals surface area contributed by atoms with Gasteiger partial charge in [0.25, 0.3) is 0 Å². The summed E-state index contributed by atoms with van der Waals surface area (Å²) in [5.41, 5.74) is 5.77. The van der Waals surface area contributed by atoms with Gasteiger partial charge in [0, 0.05) is 6.20 Å². The number of carbonyl (C=O) groups excluding carboxylic acids is 1. The van der Waals surface area contributed by atoms with E-state index in [0.717, 1.165) is 19.3 Å². The van der Waals surface area contributed by atoms with E-state index in [9.17, 15) is 4.79 Å². The Labute approximate surface area is 94.0 Å². The molecule has 1 aliphatic carbocycles. The molecule has 0 radical (unpaired) electrons. The summed E-state index contributed by atoms with van der Waals surface area (Å²) in [5, 5.41) is 2.75. The Morgan fingerprint density at radius 1 is 1.62 bits per heavy atom. The van der Waals surface area contributed by atoms with Crippen LogP contribution in [0.1, 0.15) is 19.3 Å². The number of aromatic nitrogens is 1. The van der Waals surface area contributed by atoms with Gasteiger partial charge in [-0.3, -0.25) is 4.79 Å². The maximum atomic E-state index is 11.9. The molecule has 1 saturated carbocycles. The first-order valence-electron chi connectivity index (χ1n) is 5.25. The van der Waals surface area contributed by atoms with Crippen molar-refractivity contribution in [2.45, 2.75) is 24.8 Å². The van der Waals surface area contributed by atoms with Crippen LogP contribution in [0, 0.1) is 0 Å². The van der Waals surface area contributed by atoms with E-state index in [-0.39, 0.29) is 5.91 Å². The van der Waals surface area contributed by atoms with Crippen LogP contribution in [-0.4, -0.2) is 23.5 Å². The first-order valence-corrected chi connectivity index (χ1v) is 5.25. The van der Waals surface area contributed by atoms with Crippen molar-refractivity contribution in [1.82, 2.24) is 4.98 Å². The number of hydrogen-bond acceptors (Lipinski definition) is 4. The Morgan fingerprint density at radius 3 is 2.94 bits per heavy atom. The van der Waals surface area contributed by atoms with E-state index < -0.39 is 5.54 Å². The van der Waals surface area contributed by atoms with Crippen LogP contribution in [0.2, 0.25) is 0 Å². The maximum absolute atomic E-state index is 11.9. The van der Waals surface area contributed by atoms with Crippen LogP contribution in [0.4, 0.5) is 5.69 Å². The van der Waals surface area contributed by atoms with Gasteiger partial charge in [0.05, 0.1) is 12.6 Å². The zero-order valence-electron chi connectivity index (χ0n) is 9.19. The molecule has 0 spiro atoms. The van der Waals surface area contributed by atoms with Gasteiger partial charge in [0.1, 0.15) is 5.69 Å². The molecule has 86 valence electrons. The average molecular weight is 221 g/mol. The molecule has 3 N–H and O–H groups in total. The van der Waals surface area contributed by atoms with Gasteiger partial charge in [-0.15, -0.1) is 0 Å². The summed E-state index contributed by atoms with van der Waals surface area (Å²) in [6.45, 7) is 0. The lowest BCUT2D eigenvalue weighted by Crippen LogP contribution is -2.56. The highest BCUT2D eigenvalue weighted by Crippen LogP contribution is 2.31. The molecule has 0 atom stereocenters. The third-order valence-electron chi connectivity index (χ3n) is 2.91. The molecular formula is C11H15N3O2. The van der Waals surface area contributed by atoms with Crippen molar-refractivity contribution in [1.29, 1.82) is 0 Å². The van der Waals surface area contributed by atoms with Gasteiger partial charge in [0.15, 0.2) is 0 Å². The van der Waals surface area contributed by atoms with Crippen molar-refractivity contribution < 1.29 is 9.53 Å². The first kappa shape index (κ1) is 10.9. The van der Waals surface area contributed by atoms with Crippen molar-refractivity contribution in [2.24, 2.45) is 5.73 Å². The number of carbonyl (C=O) groups is 1. The van der Waals surface area contributed by atoms with Gasteiger partial charge in [-0.1, -0.05) is 0 Å². The normalized spacial score (nSPS) is 17.4. The number of nitrogens with zero attached hydrogens (tertiary/aromatic N) is 1. The topological polar surface area (TPSA) is 77.2 Å². The molecular weight excluding hydrogens is 206 g/mol. The Kier molecular flexibility index (Phi) is 2.78. The Morgan fingerprint density at radius 2 is 2.38 bits per heavy atom. The largest absolute Gasteiger partial charge is 0.480 e. The molecule has 1 heterocycles. The molecule has 5 nitrogen and oxygen atoms in total. The summed E-state index contributed by atoms with van der Waals surface area (Å²) in [6.07, 6.45) is 4.09. The third kappa shape index (κ3) is 1.86. The fourth-order valence-electron chi connectivity index (χ4n) is 1.68. The van der Waals surface area contributed by atoms with Gasteiger partial charge >= 0.3 is 0 Å². The number of pyridine rings is 1. The van der Waals surface area contributed by atoms with E-state index in [1.807, 2.05) is 0 Å². The second-order valence-corrected chi connectivity index (χ2v) is 4.02. The number of amides is 1. The molecule has 0 saturated heterocycles. The first-order chi connectivity index (χ1) is 7.65. The minimum absolute atomic E-state index is 0.162. The fourth-order valence-corrected chi connectivity index (χ4v) is 1.68. The predicted molar refractivity (Wildman–Crippen MR) is 60.2 cm³/mol. The summed E-state index contributed by atoms with van der Waals surface area (Å²) >= 11 is 0. The van der Waals surface area contributed by atoms with E-state index in [1.54, 1.807) is 18.3 Å². The standard InChI is InChI=1S/C11H15N3O2/c1-16-9-8(4-2-7-13-9)14-10(15)11(12)5-3-6-11/h2,4,7H,3,5-6,12H2,1H3,(H,14,15).